The number of methoxy groups -OCH3 is 3. The number of amides is 3. The van der Waals surface area contributed by atoms with Crippen LogP contribution >= 0.6 is 12.2 Å². The Balaban J connectivity index is 1.05. The number of phenols is 1. The minimum atomic E-state index is -1.17. The van der Waals surface area contributed by atoms with E-state index in [2.05, 4.69) is 21.3 Å². The van der Waals surface area contributed by atoms with Gasteiger partial charge in [-0.15, -0.1) is 0 Å². The summed E-state index contributed by atoms with van der Waals surface area (Å²) >= 11 is 5.51. The number of rotatable bonds is 13. The van der Waals surface area contributed by atoms with E-state index in [1.54, 1.807) is 56.3 Å². The molecule has 3 amide bonds. The van der Waals surface area contributed by atoms with Crippen LogP contribution in [0, 0.1) is 11.8 Å². The summed E-state index contributed by atoms with van der Waals surface area (Å²) in [7, 11) is 4.13. The number of hydrogen-bond donors (Lipinski definition) is 7. The molecule has 1 heterocycles. The molecule has 4 aliphatic rings. The molecule has 1 aliphatic heterocycles. The van der Waals surface area contributed by atoms with Crippen molar-refractivity contribution in [2.75, 3.05) is 33.2 Å². The molecule has 0 saturated carbocycles. The number of unbranched alkanes of at least 4 members (excludes halogenated alkanes) is 2. The second-order valence-corrected chi connectivity index (χ2v) is 19.5. The topological polar surface area (TPSA) is 265 Å². The van der Waals surface area contributed by atoms with Gasteiger partial charge in [-0.25, -0.2) is 9.59 Å². The number of carboxylic acid groups (broad SMARTS) is 1. The third-order valence-electron chi connectivity index (χ3n) is 13.4. The molecule has 2 aromatic rings. The zero-order chi connectivity index (χ0) is 55.4. The Morgan fingerprint density at radius 2 is 1.67 bits per heavy atom. The fourth-order valence-corrected chi connectivity index (χ4v) is 9.75. The highest BCUT2D eigenvalue weighted by Crippen LogP contribution is 2.43. The second-order valence-electron chi connectivity index (χ2n) is 19.1. The lowest BCUT2D eigenvalue weighted by Crippen LogP contribution is -2.39. The first kappa shape index (κ1) is 57.7. The zero-order valence-electron chi connectivity index (χ0n) is 43.4. The minimum absolute atomic E-state index is 0.00138. The van der Waals surface area contributed by atoms with Crippen molar-refractivity contribution in [3.8, 4) is 5.75 Å². The van der Waals surface area contributed by atoms with Crippen LogP contribution in [0.4, 0.5) is 10.5 Å². The van der Waals surface area contributed by atoms with Crippen molar-refractivity contribution in [3.63, 3.8) is 0 Å². The van der Waals surface area contributed by atoms with Crippen molar-refractivity contribution >= 4 is 69.8 Å². The van der Waals surface area contributed by atoms with E-state index in [9.17, 15) is 48.9 Å². The Hall–Kier alpha value is -7.58. The van der Waals surface area contributed by atoms with Crippen LogP contribution in [0.1, 0.15) is 93.3 Å². The highest BCUT2D eigenvalue weighted by Gasteiger charge is 2.35. The molecule has 3 aliphatic carbocycles. The summed E-state index contributed by atoms with van der Waals surface area (Å²) in [6, 6.07) is 9.77. The summed E-state index contributed by atoms with van der Waals surface area (Å²) in [5.74, 6) is -4.67. The Morgan fingerprint density at radius 3 is 2.38 bits per heavy atom. The average molecular weight is 1060 g/mol. The molecule has 7 N–H and O–H groups in total. The van der Waals surface area contributed by atoms with Crippen LogP contribution in [-0.4, -0.2) is 114 Å². The quantitative estimate of drug-likeness (QED) is 0.0463. The maximum Gasteiger partial charge on any atom is 0.414 e. The van der Waals surface area contributed by atoms with E-state index in [4.69, 9.17) is 31.2 Å². The summed E-state index contributed by atoms with van der Waals surface area (Å²) < 4.78 is 22.6. The summed E-state index contributed by atoms with van der Waals surface area (Å²) in [6.45, 7) is 7.21. The Morgan fingerprint density at radius 1 is 0.921 bits per heavy atom. The molecule has 19 heteroatoms. The number of thiocarbonyl (C=S) groups is 1. The van der Waals surface area contributed by atoms with Crippen LogP contribution in [-0.2, 0) is 49.3 Å². The second kappa shape index (κ2) is 26.3. The van der Waals surface area contributed by atoms with Gasteiger partial charge in [-0.1, -0.05) is 62.8 Å². The number of fused-ring (bicyclic) bond motifs is 4. The first-order valence-electron chi connectivity index (χ1n) is 24.8. The number of ether oxygens (including phenoxy) is 4. The first-order valence-corrected chi connectivity index (χ1v) is 25.2. The number of alkyl carbamates (subject to hydrolysis) is 1. The SMILES string of the molecule is COC1=C2C[C@@H](C)C[C@H](OC)[C@H](O)[C@@H](C)/C=C(\C)[C@H](OC(=O)NC(=O)CCCCCNC(=S)Nc3ccc(C4=C5C=CC(=O)C=C5Cc5cc(O)ccc54)c(C(=O)O)c3)[C@@H](OC)/C=C\C=C(/C)C(=O)NC(=CC1=O)C2=O. The van der Waals surface area contributed by atoms with E-state index in [0.717, 1.165) is 28.3 Å². The molecule has 76 heavy (non-hydrogen) atoms. The first-order chi connectivity index (χ1) is 36.2. The lowest BCUT2D eigenvalue weighted by molar-refractivity contribution is -0.121. The molecule has 0 radical (unpaired) electrons. The number of aliphatic hydroxyl groups excluding tert-OH is 1. The predicted molar refractivity (Wildman–Crippen MR) is 287 cm³/mol. The van der Waals surface area contributed by atoms with Gasteiger partial charge in [0.2, 0.25) is 17.5 Å². The Bertz CT molecular complexity index is 2940. The number of carboxylic acids is 1. The fourth-order valence-electron chi connectivity index (χ4n) is 9.53. The van der Waals surface area contributed by atoms with E-state index in [1.807, 2.05) is 6.92 Å². The number of aromatic carboxylic acids is 1. The van der Waals surface area contributed by atoms with E-state index < -0.39 is 65.8 Å². The number of carbonyl (C=O) groups excluding carboxylic acids is 6. The molecule has 0 fully saturated rings. The average Bonchev–Trinajstić information content (AvgIpc) is 3.37. The third kappa shape index (κ3) is 14.4. The number of nitrogens with one attached hydrogen (secondary N) is 4. The lowest BCUT2D eigenvalue weighted by Gasteiger charge is -2.30. The molecule has 6 rings (SSSR count). The van der Waals surface area contributed by atoms with Gasteiger partial charge in [-0.3, -0.25) is 29.3 Å². The Kier molecular flexibility index (Phi) is 19.9. The lowest BCUT2D eigenvalue weighted by atomic mass is 9.76. The Labute approximate surface area is 446 Å². The van der Waals surface area contributed by atoms with Gasteiger partial charge in [0.15, 0.2) is 22.8 Å². The molecule has 6 atom stereocenters. The van der Waals surface area contributed by atoms with Crippen molar-refractivity contribution in [1.82, 2.24) is 16.0 Å². The van der Waals surface area contributed by atoms with Crippen LogP contribution < -0.4 is 21.3 Å². The molecular weight excluding hydrogens is 997 g/mol. The normalized spacial score (nSPS) is 24.1. The number of aliphatic hydroxyl groups is 1. The third-order valence-corrected chi connectivity index (χ3v) is 13.7. The van der Waals surface area contributed by atoms with Crippen LogP contribution in [0.2, 0.25) is 0 Å². The maximum atomic E-state index is 13.6. The number of Topliss-reactive ketones (excluding diaryl/α,β-unsaturated/α-hetero) is 1. The van der Waals surface area contributed by atoms with Gasteiger partial charge in [-0.05, 0) is 139 Å². The fraction of sp³-hybridized carbons (Fsp3) is 0.368. The number of aromatic hydroxyl groups is 1. The van der Waals surface area contributed by atoms with Gasteiger partial charge in [0.05, 0.1) is 30.6 Å². The number of carbonyl (C=O) groups is 7. The van der Waals surface area contributed by atoms with E-state index in [1.165, 1.54) is 64.7 Å². The minimum Gasteiger partial charge on any atom is -0.508 e. The van der Waals surface area contributed by atoms with E-state index in [0.29, 0.717) is 54.6 Å². The van der Waals surface area contributed by atoms with Crippen molar-refractivity contribution in [2.45, 2.75) is 97.1 Å². The molecule has 402 valence electrons. The van der Waals surface area contributed by atoms with Crippen molar-refractivity contribution in [1.29, 1.82) is 0 Å². The van der Waals surface area contributed by atoms with Crippen LogP contribution in [0.3, 0.4) is 0 Å². The number of phenolic OH excluding ortho intramolecular Hbond substituents is 1. The molecule has 0 aromatic heterocycles. The number of anilines is 1. The van der Waals surface area contributed by atoms with Gasteiger partial charge < -0.3 is 50.2 Å². The number of ketones is 3. The molecule has 2 aromatic carbocycles. The van der Waals surface area contributed by atoms with Crippen LogP contribution in [0.25, 0.3) is 5.57 Å². The molecular formula is C57H64N4O14S. The standard InChI is InChI=1S/C57H64N4O14S/c1-30-22-43-51(67)44(29-45(64)53(43)74-7)60-54(68)31(2)12-11-13-46(72-5)52(33(4)24-32(3)50(66)47(23-30)73-6)75-57(71)61-48(65)14-9-8-10-21-58-56(76)59-36-15-18-41(42(28-36)55(69)70)49-39-19-16-37(62)26-34(39)25-35-27-38(63)17-20-40(35)49/h11-13,15-20,24,26-30,32,46-47,50,52,62,66H,8-10,14,21-23,25H2,1-7H3,(H,60,68)(H,69,70)(H2,58,59,76)(H,61,65,71)/b13-11-,31-12+,33-24+/t30-,32+,46+,47+,50-,52+/m1/s1. The summed E-state index contributed by atoms with van der Waals surface area (Å²) in [4.78, 5) is 91.2. The molecule has 0 spiro atoms. The van der Waals surface area contributed by atoms with E-state index in [-0.39, 0.29) is 70.0 Å². The number of allylic oxidation sites excluding steroid dienone is 9. The van der Waals surface area contributed by atoms with Gasteiger partial charge in [0.25, 0.3) is 5.91 Å². The maximum absolute atomic E-state index is 13.6. The number of benzene rings is 2. The highest BCUT2D eigenvalue weighted by molar-refractivity contribution is 7.80. The summed E-state index contributed by atoms with van der Waals surface area (Å²) in [5.41, 5.74) is 4.98. The number of imide groups is 1. The zero-order valence-corrected chi connectivity index (χ0v) is 44.3. The molecule has 18 nitrogen and oxygen atoms in total. The van der Waals surface area contributed by atoms with Crippen LogP contribution in [0.15, 0.2) is 124 Å². The van der Waals surface area contributed by atoms with Crippen molar-refractivity contribution < 1.29 is 67.8 Å². The summed E-state index contributed by atoms with van der Waals surface area (Å²) in [5, 5.41) is 43.3. The predicted octanol–water partition coefficient (Wildman–Crippen LogP) is 6.94. The van der Waals surface area contributed by atoms with Gasteiger partial charge in [0.1, 0.15) is 11.9 Å². The highest BCUT2D eigenvalue weighted by atomic mass is 32.1. The molecule has 0 unspecified atom stereocenters. The van der Waals surface area contributed by atoms with E-state index >= 15 is 0 Å². The van der Waals surface area contributed by atoms with Gasteiger partial charge in [0, 0.05) is 56.0 Å². The number of hydrogen-bond acceptors (Lipinski definition) is 14. The van der Waals surface area contributed by atoms with Gasteiger partial charge in [-0.2, -0.15) is 0 Å². The van der Waals surface area contributed by atoms with Crippen LogP contribution in [0.5, 0.6) is 5.75 Å². The van der Waals surface area contributed by atoms with Crippen molar-refractivity contribution in [3.05, 3.63) is 147 Å². The largest absolute Gasteiger partial charge is 0.508 e. The van der Waals surface area contributed by atoms with Crippen molar-refractivity contribution in [2.24, 2.45) is 11.8 Å². The smallest absolute Gasteiger partial charge is 0.414 e. The summed E-state index contributed by atoms with van der Waals surface area (Å²) in [6.07, 6.45) is 9.30. The molecule has 0 saturated heterocycles. The molecule has 2 bridgehead atoms. The monoisotopic (exact) mass is 1060 g/mol. The van der Waals surface area contributed by atoms with Gasteiger partial charge >= 0.3 is 12.1 Å².